The van der Waals surface area contributed by atoms with Gasteiger partial charge in [0.05, 0.1) is 0 Å². The summed E-state index contributed by atoms with van der Waals surface area (Å²) in [6.07, 6.45) is 2.96. The van der Waals surface area contributed by atoms with Crippen LogP contribution in [0, 0.1) is 0 Å². The number of primary amides is 1. The molecule has 2 unspecified atom stereocenters. The summed E-state index contributed by atoms with van der Waals surface area (Å²) < 4.78 is 11.6. The van der Waals surface area contributed by atoms with Crippen molar-refractivity contribution in [3.63, 3.8) is 0 Å². The highest BCUT2D eigenvalue weighted by atomic mass is 33.1. The maximum Gasteiger partial charge on any atom is 0.217 e. The van der Waals surface area contributed by atoms with E-state index in [1.54, 1.807) is 21.6 Å². The molecule has 4 nitrogen and oxygen atoms in total. The molecule has 2 atom stereocenters. The second-order valence-corrected chi connectivity index (χ2v) is 8.87. The van der Waals surface area contributed by atoms with Crippen LogP contribution < -0.4 is 5.73 Å². The molecule has 0 spiro atoms. The van der Waals surface area contributed by atoms with Gasteiger partial charge < -0.3 is 10.6 Å². The summed E-state index contributed by atoms with van der Waals surface area (Å²) >= 11 is 0. The molecule has 0 saturated carbocycles. The molecule has 0 aromatic carbocycles. The molecule has 0 aliphatic rings. The van der Waals surface area contributed by atoms with Crippen LogP contribution in [0.3, 0.4) is 0 Å². The lowest BCUT2D eigenvalue weighted by molar-refractivity contribution is -0.117. The van der Waals surface area contributed by atoms with E-state index in [1.165, 1.54) is 0 Å². The molecular formula is C8H18NO3PS2. The van der Waals surface area contributed by atoms with Crippen LogP contribution in [0.4, 0.5) is 0 Å². The van der Waals surface area contributed by atoms with E-state index >= 15 is 0 Å². The van der Waals surface area contributed by atoms with E-state index in [2.05, 4.69) is 0 Å². The van der Waals surface area contributed by atoms with Crippen LogP contribution in [-0.2, 0) is 9.36 Å². The number of amides is 1. The Morgan fingerprint density at radius 3 is 2.60 bits per heavy atom. The minimum Gasteiger partial charge on any atom is -0.370 e. The van der Waals surface area contributed by atoms with Crippen molar-refractivity contribution in [1.29, 1.82) is 0 Å². The first-order chi connectivity index (χ1) is 6.87. The van der Waals surface area contributed by atoms with Crippen LogP contribution in [0.15, 0.2) is 0 Å². The van der Waals surface area contributed by atoms with Gasteiger partial charge in [-0.2, -0.15) is 0 Å². The van der Waals surface area contributed by atoms with Crippen molar-refractivity contribution in [1.82, 2.24) is 0 Å². The van der Waals surface area contributed by atoms with Crippen molar-refractivity contribution < 1.29 is 14.3 Å². The van der Waals surface area contributed by atoms with Gasteiger partial charge in [-0.05, 0) is 12.7 Å². The molecule has 1 amide bonds. The quantitative estimate of drug-likeness (QED) is 0.521. The fourth-order valence-corrected chi connectivity index (χ4v) is 4.57. The van der Waals surface area contributed by atoms with Crippen molar-refractivity contribution in [3.05, 3.63) is 0 Å². The number of carbonyl (C=O) groups is 1. The zero-order valence-corrected chi connectivity index (χ0v) is 11.5. The average Bonchev–Trinajstić information content (AvgIpc) is 2.13. The van der Waals surface area contributed by atoms with Crippen LogP contribution in [-0.4, -0.2) is 34.6 Å². The van der Waals surface area contributed by atoms with Gasteiger partial charge in [-0.25, -0.2) is 0 Å². The number of nitrogens with two attached hydrogens (primary N) is 1. The van der Waals surface area contributed by atoms with Crippen LogP contribution in [0.1, 0.15) is 19.8 Å². The Bertz CT molecular complexity index is 250. The molecule has 0 radical (unpaired) electrons. The third kappa shape index (κ3) is 9.30. The van der Waals surface area contributed by atoms with Crippen molar-refractivity contribution in [3.8, 4) is 0 Å². The van der Waals surface area contributed by atoms with Gasteiger partial charge in [0, 0.05) is 24.0 Å². The van der Waals surface area contributed by atoms with Crippen LogP contribution >= 0.6 is 29.0 Å². The monoisotopic (exact) mass is 271 g/mol. The minimum atomic E-state index is -3.15. The Morgan fingerprint density at radius 1 is 1.53 bits per heavy atom. The molecule has 0 aromatic heterocycles. The third-order valence-corrected chi connectivity index (χ3v) is 6.05. The normalized spacial score (nSPS) is 17.0. The predicted octanol–water partition coefficient (Wildman–Crippen LogP) is 1.92. The second-order valence-electron chi connectivity index (χ2n) is 3.37. The van der Waals surface area contributed by atoms with E-state index in [9.17, 15) is 14.3 Å². The molecule has 0 fully saturated rings. The molecule has 3 N–H and O–H groups in total. The van der Waals surface area contributed by atoms with Gasteiger partial charge in [0.15, 0.2) is 0 Å². The lowest BCUT2D eigenvalue weighted by atomic mass is 10.4. The summed E-state index contributed by atoms with van der Waals surface area (Å²) in [5.41, 5.74) is 4.92. The number of hydrogen-bond donors (Lipinski definition) is 2. The smallest absolute Gasteiger partial charge is 0.217 e. The van der Waals surface area contributed by atoms with Gasteiger partial charge in [-0.3, -0.25) is 9.36 Å². The fraction of sp³-hybridized carbons (Fsp3) is 0.875. The van der Waals surface area contributed by atoms with E-state index in [-0.39, 0.29) is 18.7 Å². The van der Waals surface area contributed by atoms with Gasteiger partial charge in [-0.15, -0.1) is 0 Å². The van der Waals surface area contributed by atoms with Gasteiger partial charge in [0.2, 0.25) is 13.3 Å². The molecule has 0 rings (SSSR count). The van der Waals surface area contributed by atoms with Crippen molar-refractivity contribution in [2.45, 2.75) is 25.0 Å². The molecule has 0 aliphatic heterocycles. The standard InChI is InChI=1S/C8H18NO3PS2/c1-7(15-14-2)3-5-13(11,12)6-4-8(9)10/h7H,3-6H2,1-2H3,(H2,9,10)(H,11,12). The first-order valence-corrected chi connectivity index (χ1v) is 9.31. The highest BCUT2D eigenvalue weighted by molar-refractivity contribution is 8.76. The van der Waals surface area contributed by atoms with Crippen LogP contribution in [0.25, 0.3) is 0 Å². The van der Waals surface area contributed by atoms with Gasteiger partial charge in [0.1, 0.15) is 0 Å². The third-order valence-electron chi connectivity index (χ3n) is 1.85. The minimum absolute atomic E-state index is 0.00215. The van der Waals surface area contributed by atoms with Gasteiger partial charge >= 0.3 is 0 Å². The molecule has 0 saturated heterocycles. The number of hydrogen-bond acceptors (Lipinski definition) is 4. The van der Waals surface area contributed by atoms with Crippen LogP contribution in [0.5, 0.6) is 0 Å². The number of carbonyl (C=O) groups excluding carboxylic acids is 1. The molecular weight excluding hydrogens is 253 g/mol. The van der Waals surface area contributed by atoms with Gasteiger partial charge in [0.25, 0.3) is 0 Å². The average molecular weight is 271 g/mol. The largest absolute Gasteiger partial charge is 0.370 e. The summed E-state index contributed by atoms with van der Waals surface area (Å²) in [6, 6.07) is 0. The van der Waals surface area contributed by atoms with Gasteiger partial charge in [-0.1, -0.05) is 28.5 Å². The maximum absolute atomic E-state index is 11.6. The Balaban J connectivity index is 3.82. The Kier molecular flexibility index (Phi) is 7.79. The Labute approximate surface area is 98.6 Å². The Hall–Kier alpha value is 0.360. The van der Waals surface area contributed by atoms with E-state index in [1.807, 2.05) is 13.2 Å². The topological polar surface area (TPSA) is 80.4 Å². The van der Waals surface area contributed by atoms with Crippen LogP contribution in [0.2, 0.25) is 0 Å². The molecule has 7 heteroatoms. The highest BCUT2D eigenvalue weighted by Gasteiger charge is 2.20. The van der Waals surface area contributed by atoms with E-state index in [0.29, 0.717) is 11.7 Å². The maximum atomic E-state index is 11.6. The molecule has 15 heavy (non-hydrogen) atoms. The molecule has 0 aromatic rings. The number of rotatable bonds is 8. The van der Waals surface area contributed by atoms with Crippen molar-refractivity contribution >= 4 is 34.9 Å². The summed E-state index contributed by atoms with van der Waals surface area (Å²) in [4.78, 5) is 20.0. The Morgan fingerprint density at radius 2 is 2.13 bits per heavy atom. The predicted molar refractivity (Wildman–Crippen MR) is 68.6 cm³/mol. The summed E-state index contributed by atoms with van der Waals surface area (Å²) in [5.74, 6) is -0.518. The summed E-state index contributed by atoms with van der Waals surface area (Å²) in [5, 5.41) is 0.356. The second kappa shape index (κ2) is 7.60. The zero-order valence-electron chi connectivity index (χ0n) is 9.01. The van der Waals surface area contributed by atoms with E-state index < -0.39 is 13.3 Å². The first kappa shape index (κ1) is 15.4. The fourth-order valence-electron chi connectivity index (χ4n) is 0.993. The first-order valence-electron chi connectivity index (χ1n) is 4.66. The molecule has 0 bridgehead atoms. The molecule has 90 valence electrons. The van der Waals surface area contributed by atoms with Crippen molar-refractivity contribution in [2.24, 2.45) is 5.73 Å². The highest BCUT2D eigenvalue weighted by Crippen LogP contribution is 2.43. The molecule has 0 heterocycles. The van der Waals surface area contributed by atoms with Crippen molar-refractivity contribution in [2.75, 3.05) is 18.6 Å². The SMILES string of the molecule is CSSC(C)CCP(=O)(O)CCC(N)=O. The lowest BCUT2D eigenvalue weighted by Gasteiger charge is -2.13. The summed E-state index contributed by atoms with van der Waals surface area (Å²) in [6.45, 7) is 2.02. The molecule has 0 aliphatic carbocycles. The van der Waals surface area contributed by atoms with E-state index in [0.717, 1.165) is 0 Å². The van der Waals surface area contributed by atoms with E-state index in [4.69, 9.17) is 5.73 Å². The lowest BCUT2D eigenvalue weighted by Crippen LogP contribution is -2.13. The zero-order chi connectivity index (χ0) is 11.9. The summed E-state index contributed by atoms with van der Waals surface area (Å²) in [7, 11) is 0.192.